The molecule has 0 saturated heterocycles. The van der Waals surface area contributed by atoms with E-state index in [1.165, 1.54) is 12.8 Å². The van der Waals surface area contributed by atoms with Gasteiger partial charge in [0.25, 0.3) is 0 Å². The van der Waals surface area contributed by atoms with Crippen LogP contribution in [0.25, 0.3) is 6.08 Å². The Balaban J connectivity index is 2.00. The topological polar surface area (TPSA) is 38.1 Å². The van der Waals surface area contributed by atoms with Gasteiger partial charge >= 0.3 is 0 Å². The van der Waals surface area contributed by atoms with E-state index in [9.17, 15) is 4.79 Å². The molecule has 0 bridgehead atoms. The van der Waals surface area contributed by atoms with Crippen molar-refractivity contribution in [3.63, 3.8) is 0 Å². The van der Waals surface area contributed by atoms with Crippen molar-refractivity contribution in [2.24, 2.45) is 0 Å². The molecule has 2 rings (SSSR count). The van der Waals surface area contributed by atoms with Crippen LogP contribution in [0.2, 0.25) is 0 Å². The summed E-state index contributed by atoms with van der Waals surface area (Å²) in [6, 6.07) is 2.30. The summed E-state index contributed by atoms with van der Waals surface area (Å²) in [6.45, 7) is 2.85. The molecule has 1 aromatic heterocycles. The fourth-order valence-electron chi connectivity index (χ4n) is 2.81. The van der Waals surface area contributed by atoms with E-state index in [0.717, 1.165) is 18.7 Å². The quantitative estimate of drug-likeness (QED) is 0.783. The van der Waals surface area contributed by atoms with Gasteiger partial charge < -0.3 is 4.90 Å². The number of hydrogen-bond acceptors (Lipinski definition) is 3. The van der Waals surface area contributed by atoms with E-state index in [1.54, 1.807) is 12.3 Å². The molecule has 1 amide bonds. The van der Waals surface area contributed by atoms with Gasteiger partial charge in [0.15, 0.2) is 0 Å². The summed E-state index contributed by atoms with van der Waals surface area (Å²) in [5.74, 6) is 0.0832. The molecule has 1 aliphatic rings. The number of nitrogens with zero attached hydrogens (tertiary/aromatic N) is 3. The minimum absolute atomic E-state index is 0.0832. The Morgan fingerprint density at radius 3 is 3.10 bits per heavy atom. The molecular weight excluding hydrogens is 270 g/mol. The van der Waals surface area contributed by atoms with Crippen LogP contribution in [-0.4, -0.2) is 45.2 Å². The summed E-state index contributed by atoms with van der Waals surface area (Å²) in [4.78, 5) is 14.2. The number of carbonyl (C=O) groups is 1. The van der Waals surface area contributed by atoms with E-state index < -0.39 is 0 Å². The van der Waals surface area contributed by atoms with Crippen molar-refractivity contribution < 1.29 is 4.79 Å². The zero-order valence-electron chi connectivity index (χ0n) is 12.5. The van der Waals surface area contributed by atoms with Crippen LogP contribution in [0.1, 0.15) is 31.9 Å². The molecule has 0 aromatic carbocycles. The second-order valence-corrected chi connectivity index (χ2v) is 6.20. The fraction of sp³-hybridized carbons (Fsp3) is 0.600. The molecule has 2 atom stereocenters. The smallest absolute Gasteiger partial charge is 0.246 e. The molecule has 1 fully saturated rings. The molecule has 20 heavy (non-hydrogen) atoms. The molecule has 1 heterocycles. The highest BCUT2D eigenvalue weighted by atomic mass is 32.2. The predicted molar refractivity (Wildman–Crippen MR) is 84.6 cm³/mol. The van der Waals surface area contributed by atoms with Crippen molar-refractivity contribution in [2.45, 2.75) is 44.0 Å². The third-order valence-electron chi connectivity index (χ3n) is 4.01. The Hall–Kier alpha value is -1.23. The van der Waals surface area contributed by atoms with Crippen LogP contribution in [0, 0.1) is 0 Å². The summed E-state index contributed by atoms with van der Waals surface area (Å²) in [5, 5.41) is 4.78. The number of hydrogen-bond donors (Lipinski definition) is 0. The lowest BCUT2D eigenvalue weighted by Crippen LogP contribution is -2.39. The van der Waals surface area contributed by atoms with Gasteiger partial charge in [0, 0.05) is 37.2 Å². The molecule has 2 unspecified atom stereocenters. The highest BCUT2D eigenvalue weighted by Gasteiger charge is 2.31. The van der Waals surface area contributed by atoms with Gasteiger partial charge in [-0.1, -0.05) is 6.42 Å². The van der Waals surface area contributed by atoms with Crippen molar-refractivity contribution in [3.8, 4) is 0 Å². The van der Waals surface area contributed by atoms with E-state index in [-0.39, 0.29) is 5.91 Å². The van der Waals surface area contributed by atoms with Gasteiger partial charge in [-0.15, -0.1) is 0 Å². The Labute approximate surface area is 125 Å². The van der Waals surface area contributed by atoms with E-state index in [4.69, 9.17) is 0 Å². The van der Waals surface area contributed by atoms with Gasteiger partial charge in [-0.2, -0.15) is 16.9 Å². The van der Waals surface area contributed by atoms with Crippen molar-refractivity contribution in [2.75, 3.05) is 13.3 Å². The van der Waals surface area contributed by atoms with Crippen LogP contribution in [0.15, 0.2) is 18.3 Å². The van der Waals surface area contributed by atoms with Crippen LogP contribution in [0.3, 0.4) is 0 Å². The molecule has 1 aliphatic carbocycles. The first kappa shape index (κ1) is 15.2. The van der Waals surface area contributed by atoms with E-state index in [1.807, 2.05) is 47.5 Å². The monoisotopic (exact) mass is 293 g/mol. The zero-order valence-corrected chi connectivity index (χ0v) is 13.3. The Morgan fingerprint density at radius 1 is 1.60 bits per heavy atom. The van der Waals surface area contributed by atoms with Crippen LogP contribution in [-0.2, 0) is 11.3 Å². The number of aromatic nitrogens is 2. The molecule has 110 valence electrons. The second-order valence-electron chi connectivity index (χ2n) is 5.13. The molecule has 0 spiro atoms. The van der Waals surface area contributed by atoms with E-state index in [2.05, 4.69) is 11.4 Å². The standard InChI is InChI=1S/C15H23N3OS/c1-4-18-12(10-11-16-18)8-9-15(19)17(2)13-6-5-7-14(13)20-3/h8-11,13-14H,4-7H2,1-3H3/b9-8+. The van der Waals surface area contributed by atoms with Crippen LogP contribution >= 0.6 is 11.8 Å². The average Bonchev–Trinajstić information content (AvgIpc) is 3.11. The number of amides is 1. The lowest BCUT2D eigenvalue weighted by atomic mass is 10.2. The number of rotatable bonds is 5. The lowest BCUT2D eigenvalue weighted by molar-refractivity contribution is -0.126. The van der Waals surface area contributed by atoms with Gasteiger partial charge in [0.05, 0.1) is 5.69 Å². The summed E-state index contributed by atoms with van der Waals surface area (Å²) >= 11 is 1.88. The fourth-order valence-corrected chi connectivity index (χ4v) is 3.85. The minimum atomic E-state index is 0.0832. The average molecular weight is 293 g/mol. The molecule has 4 nitrogen and oxygen atoms in total. The first-order valence-corrected chi connectivity index (χ1v) is 8.45. The van der Waals surface area contributed by atoms with Crippen LogP contribution in [0.4, 0.5) is 0 Å². The maximum atomic E-state index is 12.3. The number of aryl methyl sites for hydroxylation is 1. The van der Waals surface area contributed by atoms with Gasteiger partial charge in [-0.05, 0) is 38.2 Å². The second kappa shape index (κ2) is 6.97. The van der Waals surface area contributed by atoms with Gasteiger partial charge in [0.2, 0.25) is 5.91 Å². The third kappa shape index (κ3) is 3.26. The van der Waals surface area contributed by atoms with Crippen molar-refractivity contribution >= 4 is 23.7 Å². The zero-order chi connectivity index (χ0) is 14.5. The Morgan fingerprint density at radius 2 is 2.40 bits per heavy atom. The van der Waals surface area contributed by atoms with Crippen molar-refractivity contribution in [1.29, 1.82) is 0 Å². The Kier molecular flexibility index (Phi) is 5.29. The maximum Gasteiger partial charge on any atom is 0.246 e. The van der Waals surface area contributed by atoms with Crippen LogP contribution in [0.5, 0.6) is 0 Å². The molecule has 0 radical (unpaired) electrons. The molecule has 0 aliphatic heterocycles. The largest absolute Gasteiger partial charge is 0.338 e. The van der Waals surface area contributed by atoms with Crippen molar-refractivity contribution in [1.82, 2.24) is 14.7 Å². The Bertz CT molecular complexity index is 483. The first-order chi connectivity index (χ1) is 9.67. The van der Waals surface area contributed by atoms with Crippen LogP contribution < -0.4 is 0 Å². The normalized spacial score (nSPS) is 22.6. The molecule has 1 aromatic rings. The summed E-state index contributed by atoms with van der Waals surface area (Å²) in [7, 11) is 1.92. The van der Waals surface area contributed by atoms with Gasteiger partial charge in [-0.25, -0.2) is 0 Å². The number of likely N-dealkylation sites (N-methyl/N-ethyl adjacent to an activating group) is 1. The summed E-state index contributed by atoms with van der Waals surface area (Å²) in [5.41, 5.74) is 0.974. The van der Waals surface area contributed by atoms with Gasteiger partial charge in [-0.3, -0.25) is 9.48 Å². The summed E-state index contributed by atoms with van der Waals surface area (Å²) in [6.07, 6.45) is 11.0. The highest BCUT2D eigenvalue weighted by Crippen LogP contribution is 2.31. The predicted octanol–water partition coefficient (Wildman–Crippen LogP) is 2.66. The molecule has 1 saturated carbocycles. The SMILES string of the molecule is CCn1nccc1/C=C/C(=O)N(C)C1CCCC1SC. The molecule has 0 N–H and O–H groups in total. The lowest BCUT2D eigenvalue weighted by Gasteiger charge is -2.27. The van der Waals surface area contributed by atoms with Crippen molar-refractivity contribution in [3.05, 3.63) is 24.0 Å². The number of carbonyl (C=O) groups excluding carboxylic acids is 1. The number of thioether (sulfide) groups is 1. The third-order valence-corrected chi connectivity index (χ3v) is 5.17. The molecule has 5 heteroatoms. The first-order valence-electron chi connectivity index (χ1n) is 7.16. The van der Waals surface area contributed by atoms with E-state index in [0.29, 0.717) is 11.3 Å². The minimum Gasteiger partial charge on any atom is -0.338 e. The summed E-state index contributed by atoms with van der Waals surface area (Å²) < 4.78 is 1.88. The maximum absolute atomic E-state index is 12.3. The molecular formula is C15H23N3OS. The van der Waals surface area contributed by atoms with E-state index >= 15 is 0 Å². The van der Waals surface area contributed by atoms with Gasteiger partial charge in [0.1, 0.15) is 0 Å². The highest BCUT2D eigenvalue weighted by molar-refractivity contribution is 7.99.